The molecule has 0 spiro atoms. The van der Waals surface area contributed by atoms with Crippen molar-refractivity contribution in [3.63, 3.8) is 0 Å². The van der Waals surface area contributed by atoms with E-state index in [1.165, 1.54) is 24.3 Å². The van der Waals surface area contributed by atoms with Gasteiger partial charge >= 0.3 is 6.03 Å². The van der Waals surface area contributed by atoms with Gasteiger partial charge in [0.2, 0.25) is 0 Å². The third-order valence-electron chi connectivity index (χ3n) is 3.33. The zero-order valence-corrected chi connectivity index (χ0v) is 11.1. The van der Waals surface area contributed by atoms with E-state index in [1.54, 1.807) is 0 Å². The summed E-state index contributed by atoms with van der Waals surface area (Å²) < 4.78 is 12.7. The molecule has 1 unspecified atom stereocenters. The second-order valence-corrected chi connectivity index (χ2v) is 4.90. The van der Waals surface area contributed by atoms with Crippen LogP contribution in [0, 0.1) is 5.82 Å². The first-order valence-electron chi connectivity index (χ1n) is 6.78. The van der Waals surface area contributed by atoms with Gasteiger partial charge in [0.25, 0.3) is 0 Å². The summed E-state index contributed by atoms with van der Waals surface area (Å²) in [6, 6.07) is 5.01. The monoisotopic (exact) mass is 282 g/mol. The Kier molecular flexibility index (Phi) is 5.31. The number of hydrogen-bond acceptors (Lipinski definition) is 3. The van der Waals surface area contributed by atoms with Gasteiger partial charge in [-0.3, -0.25) is 4.84 Å². The van der Waals surface area contributed by atoms with E-state index in [9.17, 15) is 14.3 Å². The number of aliphatic hydroxyl groups is 1. The van der Waals surface area contributed by atoms with Crippen molar-refractivity contribution in [3.8, 4) is 0 Å². The maximum absolute atomic E-state index is 12.7. The number of amides is 2. The van der Waals surface area contributed by atoms with Crippen LogP contribution in [0.5, 0.6) is 0 Å². The lowest BCUT2D eigenvalue weighted by Crippen LogP contribution is -2.39. The maximum atomic E-state index is 12.7. The van der Waals surface area contributed by atoms with E-state index in [1.807, 2.05) is 0 Å². The number of carbonyl (C=O) groups is 1. The highest BCUT2D eigenvalue weighted by Gasteiger charge is 2.17. The highest BCUT2D eigenvalue weighted by Crippen LogP contribution is 2.19. The lowest BCUT2D eigenvalue weighted by atomic mass is 10.1. The summed E-state index contributed by atoms with van der Waals surface area (Å²) in [5.74, 6) is -0.364. The van der Waals surface area contributed by atoms with Gasteiger partial charge in [0.1, 0.15) is 5.82 Å². The molecule has 0 aromatic heterocycles. The highest BCUT2D eigenvalue weighted by molar-refractivity contribution is 5.72. The zero-order valence-electron chi connectivity index (χ0n) is 11.1. The lowest BCUT2D eigenvalue weighted by molar-refractivity contribution is -0.000417. The van der Waals surface area contributed by atoms with Crippen LogP contribution >= 0.6 is 0 Å². The summed E-state index contributed by atoms with van der Waals surface area (Å²) in [4.78, 5) is 16.7. The van der Waals surface area contributed by atoms with Crippen molar-refractivity contribution in [1.82, 2.24) is 10.8 Å². The Balaban J connectivity index is 1.68. The van der Waals surface area contributed by atoms with Crippen LogP contribution < -0.4 is 10.8 Å². The molecule has 0 heterocycles. The Morgan fingerprint density at radius 2 is 2.00 bits per heavy atom. The molecular weight excluding hydrogens is 263 g/mol. The van der Waals surface area contributed by atoms with Crippen LogP contribution in [0.25, 0.3) is 0 Å². The van der Waals surface area contributed by atoms with Gasteiger partial charge in [-0.15, -0.1) is 0 Å². The van der Waals surface area contributed by atoms with E-state index in [0.717, 1.165) is 25.7 Å². The Morgan fingerprint density at radius 1 is 1.35 bits per heavy atom. The molecule has 1 fully saturated rings. The molecule has 0 aliphatic heterocycles. The third-order valence-corrected chi connectivity index (χ3v) is 3.33. The minimum absolute atomic E-state index is 0.0332. The summed E-state index contributed by atoms with van der Waals surface area (Å²) in [5.41, 5.74) is 2.86. The summed E-state index contributed by atoms with van der Waals surface area (Å²) >= 11 is 0. The molecule has 3 N–H and O–H groups in total. The van der Waals surface area contributed by atoms with E-state index in [-0.39, 0.29) is 18.5 Å². The molecule has 2 amide bonds. The van der Waals surface area contributed by atoms with Gasteiger partial charge in [0.15, 0.2) is 0 Å². The van der Waals surface area contributed by atoms with E-state index in [4.69, 9.17) is 4.84 Å². The standard InChI is InChI=1S/C14H19FN2O3/c15-11-7-5-10(6-8-11)13(18)9-16-14(19)17-20-12-3-1-2-4-12/h5-8,12-13,18H,1-4,9H2,(H2,16,17,19). The predicted molar refractivity (Wildman–Crippen MR) is 71.2 cm³/mol. The van der Waals surface area contributed by atoms with Crippen LogP contribution in [-0.2, 0) is 4.84 Å². The SMILES string of the molecule is O=C(NCC(O)c1ccc(F)cc1)NOC1CCCC1. The smallest absolute Gasteiger partial charge is 0.338 e. The van der Waals surface area contributed by atoms with Crippen LogP contribution in [0.15, 0.2) is 24.3 Å². The van der Waals surface area contributed by atoms with Gasteiger partial charge in [0, 0.05) is 6.54 Å². The topological polar surface area (TPSA) is 70.6 Å². The van der Waals surface area contributed by atoms with Gasteiger partial charge in [-0.1, -0.05) is 25.0 Å². The average Bonchev–Trinajstić information content (AvgIpc) is 2.96. The summed E-state index contributed by atoms with van der Waals surface area (Å²) in [7, 11) is 0. The van der Waals surface area contributed by atoms with E-state index in [0.29, 0.717) is 5.56 Å². The van der Waals surface area contributed by atoms with Crippen molar-refractivity contribution in [1.29, 1.82) is 0 Å². The van der Waals surface area contributed by atoms with Crippen LogP contribution in [0.2, 0.25) is 0 Å². The normalized spacial score (nSPS) is 16.9. The highest BCUT2D eigenvalue weighted by atomic mass is 19.1. The van der Waals surface area contributed by atoms with Crippen LogP contribution in [0.3, 0.4) is 0 Å². The first-order chi connectivity index (χ1) is 9.65. The molecule has 1 aliphatic carbocycles. The van der Waals surface area contributed by atoms with Crippen molar-refractivity contribution in [2.24, 2.45) is 0 Å². The molecule has 110 valence electrons. The quantitative estimate of drug-likeness (QED) is 0.724. The fourth-order valence-electron chi connectivity index (χ4n) is 2.17. The number of halogens is 1. The molecule has 5 nitrogen and oxygen atoms in total. The largest absolute Gasteiger partial charge is 0.387 e. The molecule has 1 saturated carbocycles. The van der Waals surface area contributed by atoms with Crippen LogP contribution in [0.4, 0.5) is 9.18 Å². The van der Waals surface area contributed by atoms with Crippen molar-refractivity contribution in [3.05, 3.63) is 35.6 Å². The molecule has 6 heteroatoms. The van der Waals surface area contributed by atoms with Crippen molar-refractivity contribution < 1.29 is 19.1 Å². The van der Waals surface area contributed by atoms with Crippen LogP contribution in [0.1, 0.15) is 37.4 Å². The van der Waals surface area contributed by atoms with Crippen LogP contribution in [-0.4, -0.2) is 23.8 Å². The second kappa shape index (κ2) is 7.21. The fraction of sp³-hybridized carbons (Fsp3) is 0.500. The molecule has 1 aromatic rings. The number of urea groups is 1. The Bertz CT molecular complexity index is 433. The van der Waals surface area contributed by atoms with Crippen molar-refractivity contribution in [2.45, 2.75) is 37.9 Å². The summed E-state index contributed by atoms with van der Waals surface area (Å²) in [6.45, 7) is 0.0332. The molecule has 1 atom stereocenters. The molecule has 2 rings (SSSR count). The maximum Gasteiger partial charge on any atom is 0.338 e. The molecule has 0 saturated heterocycles. The summed E-state index contributed by atoms with van der Waals surface area (Å²) in [6.07, 6.45) is 3.36. The minimum Gasteiger partial charge on any atom is -0.387 e. The number of nitrogens with one attached hydrogen (secondary N) is 2. The Morgan fingerprint density at radius 3 is 2.65 bits per heavy atom. The molecule has 0 bridgehead atoms. The Hall–Kier alpha value is -1.66. The average molecular weight is 282 g/mol. The summed E-state index contributed by atoms with van der Waals surface area (Å²) in [5, 5.41) is 12.3. The van der Waals surface area contributed by atoms with E-state index >= 15 is 0 Å². The van der Waals surface area contributed by atoms with Gasteiger partial charge < -0.3 is 10.4 Å². The third kappa shape index (κ3) is 4.47. The first-order valence-corrected chi connectivity index (χ1v) is 6.78. The Labute approximate surface area is 117 Å². The van der Waals surface area contributed by atoms with E-state index < -0.39 is 12.1 Å². The molecule has 20 heavy (non-hydrogen) atoms. The second-order valence-electron chi connectivity index (χ2n) is 4.90. The van der Waals surface area contributed by atoms with Crippen molar-refractivity contribution >= 4 is 6.03 Å². The predicted octanol–water partition coefficient (Wildman–Crippen LogP) is 2.03. The number of hydrogen-bond donors (Lipinski definition) is 3. The number of rotatable bonds is 5. The van der Waals surface area contributed by atoms with Gasteiger partial charge in [-0.05, 0) is 30.5 Å². The number of hydroxylamine groups is 1. The molecule has 1 aromatic carbocycles. The zero-order chi connectivity index (χ0) is 14.4. The molecule has 0 radical (unpaired) electrons. The van der Waals surface area contributed by atoms with E-state index in [2.05, 4.69) is 10.8 Å². The minimum atomic E-state index is -0.882. The number of carbonyl (C=O) groups excluding carboxylic acids is 1. The first kappa shape index (κ1) is 14.7. The molecular formula is C14H19FN2O3. The van der Waals surface area contributed by atoms with Gasteiger partial charge in [-0.2, -0.15) is 0 Å². The number of aliphatic hydroxyl groups excluding tert-OH is 1. The molecule has 1 aliphatic rings. The lowest BCUT2D eigenvalue weighted by Gasteiger charge is -2.14. The number of benzene rings is 1. The fourth-order valence-corrected chi connectivity index (χ4v) is 2.17. The van der Waals surface area contributed by atoms with Crippen molar-refractivity contribution in [2.75, 3.05) is 6.54 Å². The van der Waals surface area contributed by atoms with Gasteiger partial charge in [0.05, 0.1) is 12.2 Å². The van der Waals surface area contributed by atoms with Gasteiger partial charge in [-0.25, -0.2) is 14.7 Å².